The number of anilines is 1. The maximum atomic E-state index is 8.71. The van der Waals surface area contributed by atoms with Gasteiger partial charge in [-0.05, 0) is 43.5 Å². The van der Waals surface area contributed by atoms with Gasteiger partial charge < -0.3 is 15.4 Å². The van der Waals surface area contributed by atoms with Crippen molar-refractivity contribution in [3.63, 3.8) is 0 Å². The molecule has 6 nitrogen and oxygen atoms in total. The average molecular weight is 323 g/mol. The minimum Gasteiger partial charge on any atom is -0.494 e. The number of nitrogens with two attached hydrogens (primary N) is 1. The average Bonchev–Trinajstić information content (AvgIpc) is 2.63. The molecule has 6 heteroatoms. The summed E-state index contributed by atoms with van der Waals surface area (Å²) in [4.78, 5) is 9.45. The van der Waals surface area contributed by atoms with Gasteiger partial charge in [-0.3, -0.25) is 4.98 Å². The summed E-state index contributed by atoms with van der Waals surface area (Å²) in [5.74, 6) is 1.09. The molecular weight excluding hydrogens is 302 g/mol. The molecule has 0 aliphatic rings. The Kier molecular flexibility index (Phi) is 7.09. The number of hydrogen-bond donors (Lipinski definition) is 1. The Hall–Kier alpha value is -3.07. The summed E-state index contributed by atoms with van der Waals surface area (Å²) in [5.41, 5.74) is 6.76. The van der Waals surface area contributed by atoms with Crippen LogP contribution in [0.1, 0.15) is 19.3 Å². The summed E-state index contributed by atoms with van der Waals surface area (Å²) in [7, 11) is 0. The van der Waals surface area contributed by atoms with Crippen molar-refractivity contribution in [3.05, 3.63) is 54.9 Å². The lowest BCUT2D eigenvalue weighted by Gasteiger charge is -2.22. The Balaban J connectivity index is 1.77. The molecule has 24 heavy (non-hydrogen) atoms. The Bertz CT molecular complexity index is 667. The van der Waals surface area contributed by atoms with E-state index in [0.717, 1.165) is 30.7 Å². The fourth-order valence-corrected chi connectivity index (χ4v) is 2.27. The van der Waals surface area contributed by atoms with Gasteiger partial charge in [-0.2, -0.15) is 5.26 Å². The van der Waals surface area contributed by atoms with E-state index in [1.165, 1.54) is 0 Å². The smallest absolute Gasteiger partial charge is 0.211 e. The SMILES string of the molecule is N#CN=C(N)N(CCCCCOc1ccccc1)c1ccncc1. The minimum absolute atomic E-state index is 0.198. The number of rotatable bonds is 8. The Morgan fingerprint density at radius 1 is 1.12 bits per heavy atom. The van der Waals surface area contributed by atoms with Crippen molar-refractivity contribution in [1.82, 2.24) is 4.98 Å². The van der Waals surface area contributed by atoms with Crippen LogP contribution in [-0.4, -0.2) is 24.1 Å². The molecule has 2 rings (SSSR count). The molecule has 0 aliphatic heterocycles. The summed E-state index contributed by atoms with van der Waals surface area (Å²) >= 11 is 0. The van der Waals surface area contributed by atoms with Crippen molar-refractivity contribution >= 4 is 11.6 Å². The van der Waals surface area contributed by atoms with E-state index in [2.05, 4.69) is 9.98 Å². The first kappa shape index (κ1) is 17.3. The molecule has 124 valence electrons. The van der Waals surface area contributed by atoms with Gasteiger partial charge in [0.05, 0.1) is 6.61 Å². The lowest BCUT2D eigenvalue weighted by atomic mass is 10.2. The zero-order valence-corrected chi connectivity index (χ0v) is 13.5. The van der Waals surface area contributed by atoms with E-state index in [-0.39, 0.29) is 5.96 Å². The van der Waals surface area contributed by atoms with Crippen LogP contribution in [0.3, 0.4) is 0 Å². The quantitative estimate of drug-likeness (QED) is 0.349. The molecule has 0 saturated heterocycles. The van der Waals surface area contributed by atoms with Crippen molar-refractivity contribution < 1.29 is 4.74 Å². The van der Waals surface area contributed by atoms with Crippen LogP contribution in [0.4, 0.5) is 5.69 Å². The van der Waals surface area contributed by atoms with E-state index in [9.17, 15) is 0 Å². The second-order valence-corrected chi connectivity index (χ2v) is 5.15. The summed E-state index contributed by atoms with van der Waals surface area (Å²) < 4.78 is 5.67. The number of nitrogens with zero attached hydrogens (tertiary/aromatic N) is 4. The van der Waals surface area contributed by atoms with Crippen LogP contribution in [0.25, 0.3) is 0 Å². The van der Waals surface area contributed by atoms with E-state index in [1.54, 1.807) is 18.6 Å². The highest BCUT2D eigenvalue weighted by molar-refractivity contribution is 5.95. The predicted octanol–water partition coefficient (Wildman–Crippen LogP) is 2.93. The number of pyridine rings is 1. The lowest BCUT2D eigenvalue weighted by Crippen LogP contribution is -2.38. The fraction of sp³-hybridized carbons (Fsp3) is 0.278. The second-order valence-electron chi connectivity index (χ2n) is 5.15. The third-order valence-corrected chi connectivity index (χ3v) is 3.45. The highest BCUT2D eigenvalue weighted by Gasteiger charge is 2.10. The molecule has 2 N–H and O–H groups in total. The zero-order valence-electron chi connectivity index (χ0n) is 13.5. The third-order valence-electron chi connectivity index (χ3n) is 3.45. The van der Waals surface area contributed by atoms with Crippen molar-refractivity contribution in [3.8, 4) is 11.9 Å². The van der Waals surface area contributed by atoms with Gasteiger partial charge in [0.15, 0.2) is 0 Å². The standard InChI is InChI=1S/C18H21N5O/c19-15-22-18(20)23(16-9-11-21-12-10-16)13-5-2-6-14-24-17-7-3-1-4-8-17/h1,3-4,7-12H,2,5-6,13-14H2,(H2,20,22). The lowest BCUT2D eigenvalue weighted by molar-refractivity contribution is 0.305. The number of benzene rings is 1. The van der Waals surface area contributed by atoms with Gasteiger partial charge in [-0.15, -0.1) is 4.99 Å². The molecule has 1 aromatic carbocycles. The zero-order chi connectivity index (χ0) is 17.0. The first-order chi connectivity index (χ1) is 11.8. The van der Waals surface area contributed by atoms with Gasteiger partial charge in [0.1, 0.15) is 5.75 Å². The van der Waals surface area contributed by atoms with Crippen LogP contribution in [0, 0.1) is 11.5 Å². The van der Waals surface area contributed by atoms with Gasteiger partial charge in [0, 0.05) is 24.6 Å². The van der Waals surface area contributed by atoms with Gasteiger partial charge in [-0.1, -0.05) is 18.2 Å². The molecule has 0 aliphatic carbocycles. The van der Waals surface area contributed by atoms with Crippen LogP contribution in [0.2, 0.25) is 0 Å². The molecule has 0 saturated carbocycles. The van der Waals surface area contributed by atoms with Gasteiger partial charge in [0.2, 0.25) is 12.2 Å². The Labute approximate surface area is 142 Å². The van der Waals surface area contributed by atoms with Crippen molar-refractivity contribution in [2.75, 3.05) is 18.1 Å². The van der Waals surface area contributed by atoms with Crippen LogP contribution in [0.5, 0.6) is 5.75 Å². The summed E-state index contributed by atoms with van der Waals surface area (Å²) in [6, 6.07) is 13.5. The molecule has 0 spiro atoms. The number of guanidine groups is 1. The number of nitriles is 1. The third kappa shape index (κ3) is 5.61. The molecule has 0 fully saturated rings. The van der Waals surface area contributed by atoms with Crippen LogP contribution < -0.4 is 15.4 Å². The minimum atomic E-state index is 0.198. The van der Waals surface area contributed by atoms with Crippen molar-refractivity contribution in [2.24, 2.45) is 10.7 Å². The van der Waals surface area contributed by atoms with E-state index in [4.69, 9.17) is 15.7 Å². The number of aliphatic imine (C=N–C) groups is 1. The Morgan fingerprint density at radius 3 is 2.58 bits per heavy atom. The van der Waals surface area contributed by atoms with E-state index < -0.39 is 0 Å². The van der Waals surface area contributed by atoms with E-state index in [1.807, 2.05) is 47.4 Å². The van der Waals surface area contributed by atoms with Crippen LogP contribution in [-0.2, 0) is 0 Å². The topological polar surface area (TPSA) is 87.5 Å². The molecule has 0 unspecified atom stereocenters. The van der Waals surface area contributed by atoms with Gasteiger partial charge >= 0.3 is 0 Å². The molecule has 0 amide bonds. The predicted molar refractivity (Wildman–Crippen MR) is 94.6 cm³/mol. The molecule has 2 aromatic rings. The highest BCUT2D eigenvalue weighted by Crippen LogP contribution is 2.14. The maximum Gasteiger partial charge on any atom is 0.211 e. The molecular formula is C18H21N5O. The number of ether oxygens (including phenoxy) is 1. The maximum absolute atomic E-state index is 8.71. The molecule has 1 aromatic heterocycles. The Morgan fingerprint density at radius 2 is 1.88 bits per heavy atom. The van der Waals surface area contributed by atoms with E-state index in [0.29, 0.717) is 13.2 Å². The van der Waals surface area contributed by atoms with Gasteiger partial charge in [-0.25, -0.2) is 0 Å². The molecule has 0 atom stereocenters. The van der Waals surface area contributed by atoms with Crippen molar-refractivity contribution in [1.29, 1.82) is 5.26 Å². The monoisotopic (exact) mass is 323 g/mol. The number of hydrogen-bond acceptors (Lipinski definition) is 4. The van der Waals surface area contributed by atoms with Crippen molar-refractivity contribution in [2.45, 2.75) is 19.3 Å². The summed E-state index contributed by atoms with van der Waals surface area (Å²) in [5, 5.41) is 8.71. The number of unbranched alkanes of at least 4 members (excludes halogenated alkanes) is 2. The number of aromatic nitrogens is 1. The molecule has 1 heterocycles. The molecule has 0 radical (unpaired) electrons. The largest absolute Gasteiger partial charge is 0.494 e. The van der Waals surface area contributed by atoms with Gasteiger partial charge in [0.25, 0.3) is 0 Å². The highest BCUT2D eigenvalue weighted by atomic mass is 16.5. The summed E-state index contributed by atoms with van der Waals surface area (Å²) in [6.07, 6.45) is 7.98. The second kappa shape index (κ2) is 9.85. The van der Waals surface area contributed by atoms with Crippen LogP contribution >= 0.6 is 0 Å². The first-order valence-electron chi connectivity index (χ1n) is 7.89. The number of para-hydroxylation sites is 1. The summed E-state index contributed by atoms with van der Waals surface area (Å²) in [6.45, 7) is 1.37. The fourth-order valence-electron chi connectivity index (χ4n) is 2.27. The first-order valence-corrected chi connectivity index (χ1v) is 7.89. The normalized spacial score (nSPS) is 10.9. The van der Waals surface area contributed by atoms with E-state index >= 15 is 0 Å². The van der Waals surface area contributed by atoms with Crippen LogP contribution in [0.15, 0.2) is 59.9 Å². The molecule has 0 bridgehead atoms.